The Morgan fingerprint density at radius 2 is 1.72 bits per heavy atom. The van der Waals surface area contributed by atoms with Crippen molar-refractivity contribution in [1.29, 1.82) is 0 Å². The molecule has 2 aromatic rings. The lowest BCUT2D eigenvalue weighted by Crippen LogP contribution is -2.41. The van der Waals surface area contributed by atoms with Crippen molar-refractivity contribution in [3.8, 4) is 0 Å². The van der Waals surface area contributed by atoms with Gasteiger partial charge in [-0.3, -0.25) is 0 Å². The lowest BCUT2D eigenvalue weighted by atomic mass is 10.1. The van der Waals surface area contributed by atoms with Crippen molar-refractivity contribution in [2.24, 2.45) is 0 Å². The molecule has 0 saturated carbocycles. The number of nitrogens with zero attached hydrogens (tertiary/aromatic N) is 2. The average Bonchev–Trinajstić information content (AvgIpc) is 2.72. The lowest BCUT2D eigenvalue weighted by molar-refractivity contribution is 0.181. The normalized spacial score (nSPS) is 12.1. The first-order valence-electron chi connectivity index (χ1n) is 10.2. The molecule has 0 heterocycles. The number of amides is 2. The van der Waals surface area contributed by atoms with Gasteiger partial charge in [0.25, 0.3) is 0 Å². The second kappa shape index (κ2) is 12.1. The highest BCUT2D eigenvalue weighted by molar-refractivity contribution is 6.42. The first-order valence-corrected chi connectivity index (χ1v) is 11.0. The molecule has 29 heavy (non-hydrogen) atoms. The molecule has 2 aromatic carbocycles. The smallest absolute Gasteiger partial charge is 0.318 e. The topological polar surface area (TPSA) is 35.6 Å². The minimum Gasteiger partial charge on any atom is -0.318 e. The van der Waals surface area contributed by atoms with Crippen LogP contribution in [0.15, 0.2) is 48.5 Å². The summed E-state index contributed by atoms with van der Waals surface area (Å²) >= 11 is 12.1. The highest BCUT2D eigenvalue weighted by Gasteiger charge is 2.21. The number of anilines is 1. The van der Waals surface area contributed by atoms with E-state index in [0.29, 0.717) is 22.3 Å². The number of hydrogen-bond donors (Lipinski definition) is 1. The van der Waals surface area contributed by atoms with E-state index in [1.807, 2.05) is 35.2 Å². The Hall–Kier alpha value is -1.75. The van der Waals surface area contributed by atoms with Gasteiger partial charge in [0.1, 0.15) is 0 Å². The summed E-state index contributed by atoms with van der Waals surface area (Å²) in [5.41, 5.74) is 1.74. The first kappa shape index (κ1) is 23.5. The van der Waals surface area contributed by atoms with Gasteiger partial charge in [-0.2, -0.15) is 0 Å². The van der Waals surface area contributed by atoms with Gasteiger partial charge in [-0.15, -0.1) is 0 Å². The fourth-order valence-corrected chi connectivity index (χ4v) is 3.58. The molecule has 6 heteroatoms. The zero-order chi connectivity index (χ0) is 21.2. The van der Waals surface area contributed by atoms with Gasteiger partial charge >= 0.3 is 6.03 Å². The predicted molar refractivity (Wildman–Crippen MR) is 124 cm³/mol. The largest absolute Gasteiger partial charge is 0.322 e. The number of halogens is 2. The maximum Gasteiger partial charge on any atom is 0.322 e. The molecule has 0 spiro atoms. The fourth-order valence-electron chi connectivity index (χ4n) is 3.28. The summed E-state index contributed by atoms with van der Waals surface area (Å²) in [5.74, 6) is 0. The monoisotopic (exact) mass is 435 g/mol. The number of benzene rings is 2. The summed E-state index contributed by atoms with van der Waals surface area (Å²) in [6.45, 7) is 10.2. The second-order valence-corrected chi connectivity index (χ2v) is 8.01. The minimum absolute atomic E-state index is 0.105. The van der Waals surface area contributed by atoms with Gasteiger partial charge in [-0.1, -0.05) is 67.4 Å². The molecule has 0 aliphatic carbocycles. The minimum atomic E-state index is -0.136. The predicted octanol–water partition coefficient (Wildman–Crippen LogP) is 6.54. The number of urea groups is 1. The van der Waals surface area contributed by atoms with Gasteiger partial charge in [0.2, 0.25) is 0 Å². The Morgan fingerprint density at radius 1 is 1.03 bits per heavy atom. The highest BCUT2D eigenvalue weighted by atomic mass is 35.5. The molecule has 2 rings (SSSR count). The van der Waals surface area contributed by atoms with Crippen LogP contribution in [-0.4, -0.2) is 41.5 Å². The average molecular weight is 436 g/mol. The maximum absolute atomic E-state index is 13.1. The van der Waals surface area contributed by atoms with Crippen LogP contribution in [0.3, 0.4) is 0 Å². The van der Waals surface area contributed by atoms with Crippen LogP contribution >= 0.6 is 23.2 Å². The van der Waals surface area contributed by atoms with Gasteiger partial charge in [-0.05, 0) is 63.2 Å². The van der Waals surface area contributed by atoms with Crippen LogP contribution in [-0.2, 0) is 6.54 Å². The zero-order valence-electron chi connectivity index (χ0n) is 17.5. The summed E-state index contributed by atoms with van der Waals surface area (Å²) in [4.78, 5) is 17.4. The molecule has 0 radical (unpaired) electrons. The molecular weight excluding hydrogens is 405 g/mol. The third-order valence-electron chi connectivity index (χ3n) is 5.15. The lowest BCUT2D eigenvalue weighted by Gasteiger charge is -2.30. The maximum atomic E-state index is 13.1. The van der Waals surface area contributed by atoms with E-state index in [0.717, 1.165) is 38.0 Å². The van der Waals surface area contributed by atoms with Gasteiger partial charge in [-0.25, -0.2) is 4.79 Å². The molecule has 0 aliphatic heterocycles. The van der Waals surface area contributed by atoms with Crippen molar-refractivity contribution in [3.63, 3.8) is 0 Å². The molecule has 1 atom stereocenters. The third-order valence-corrected chi connectivity index (χ3v) is 5.89. The van der Waals surface area contributed by atoms with E-state index in [1.165, 1.54) is 0 Å². The van der Waals surface area contributed by atoms with Crippen LogP contribution in [0.5, 0.6) is 0 Å². The van der Waals surface area contributed by atoms with Crippen molar-refractivity contribution in [2.45, 2.75) is 46.2 Å². The van der Waals surface area contributed by atoms with Crippen molar-refractivity contribution in [3.05, 3.63) is 64.1 Å². The summed E-state index contributed by atoms with van der Waals surface area (Å²) in [6.07, 6.45) is 1.99. The van der Waals surface area contributed by atoms with Gasteiger partial charge in [0, 0.05) is 18.3 Å². The number of carbonyl (C=O) groups excluding carboxylic acids is 1. The zero-order valence-corrected chi connectivity index (χ0v) is 19.0. The van der Waals surface area contributed by atoms with Gasteiger partial charge in [0.05, 0.1) is 10.0 Å². The van der Waals surface area contributed by atoms with E-state index in [-0.39, 0.29) is 12.1 Å². The molecule has 158 valence electrons. The fraction of sp³-hybridized carbons (Fsp3) is 0.435. The van der Waals surface area contributed by atoms with Crippen molar-refractivity contribution in [1.82, 2.24) is 9.80 Å². The molecule has 0 saturated heterocycles. The van der Waals surface area contributed by atoms with E-state index in [4.69, 9.17) is 23.2 Å². The van der Waals surface area contributed by atoms with Crippen molar-refractivity contribution < 1.29 is 4.79 Å². The second-order valence-electron chi connectivity index (χ2n) is 7.19. The summed E-state index contributed by atoms with van der Waals surface area (Å²) in [6, 6.07) is 15.2. The van der Waals surface area contributed by atoms with E-state index < -0.39 is 0 Å². The van der Waals surface area contributed by atoms with Gasteiger partial charge in [0.15, 0.2) is 0 Å². The van der Waals surface area contributed by atoms with Crippen LogP contribution in [0.2, 0.25) is 10.0 Å². The quantitative estimate of drug-likeness (QED) is 0.459. The van der Waals surface area contributed by atoms with Crippen LogP contribution in [0.4, 0.5) is 10.5 Å². The van der Waals surface area contributed by atoms with E-state index in [9.17, 15) is 4.79 Å². The number of carbonyl (C=O) groups is 1. The Morgan fingerprint density at radius 3 is 2.34 bits per heavy atom. The molecular formula is C23H31Cl2N3O. The number of rotatable bonds is 10. The highest BCUT2D eigenvalue weighted by Crippen LogP contribution is 2.25. The third kappa shape index (κ3) is 7.54. The van der Waals surface area contributed by atoms with Crippen molar-refractivity contribution in [2.75, 3.05) is 25.0 Å². The van der Waals surface area contributed by atoms with Crippen LogP contribution < -0.4 is 5.32 Å². The number of hydrogen-bond acceptors (Lipinski definition) is 2. The van der Waals surface area contributed by atoms with Crippen LogP contribution in [0.25, 0.3) is 0 Å². The molecule has 0 aromatic heterocycles. The molecule has 1 N–H and O–H groups in total. The van der Waals surface area contributed by atoms with E-state index in [2.05, 4.69) is 31.0 Å². The Bertz CT molecular complexity index is 766. The van der Waals surface area contributed by atoms with E-state index in [1.54, 1.807) is 18.2 Å². The molecule has 0 fully saturated rings. The Kier molecular flexibility index (Phi) is 9.79. The van der Waals surface area contributed by atoms with Crippen LogP contribution in [0, 0.1) is 0 Å². The molecule has 2 amide bonds. The first-order chi connectivity index (χ1) is 13.9. The Balaban J connectivity index is 2.08. The molecule has 1 unspecified atom stereocenters. The summed E-state index contributed by atoms with van der Waals surface area (Å²) in [7, 11) is 0. The SMILES string of the molecule is CCN(CC)CCCC(C)N(Cc1ccccc1)C(=O)Nc1ccc(Cl)c(Cl)c1. The van der Waals surface area contributed by atoms with Crippen LogP contribution in [0.1, 0.15) is 39.2 Å². The van der Waals surface area contributed by atoms with Gasteiger partial charge < -0.3 is 15.1 Å². The molecule has 0 bridgehead atoms. The molecule has 0 aliphatic rings. The Labute approximate surface area is 184 Å². The molecule has 4 nitrogen and oxygen atoms in total. The van der Waals surface area contributed by atoms with E-state index >= 15 is 0 Å². The summed E-state index contributed by atoms with van der Waals surface area (Å²) < 4.78 is 0. The standard InChI is InChI=1S/C23H31Cl2N3O/c1-4-27(5-2)15-9-10-18(3)28(17-19-11-7-6-8-12-19)23(29)26-20-13-14-21(24)22(25)16-20/h6-8,11-14,16,18H,4-5,9-10,15,17H2,1-3H3,(H,26,29). The number of nitrogens with one attached hydrogen (secondary N) is 1. The van der Waals surface area contributed by atoms with Crippen molar-refractivity contribution >= 4 is 34.9 Å². The summed E-state index contributed by atoms with van der Waals surface area (Å²) in [5, 5.41) is 3.86.